The summed E-state index contributed by atoms with van der Waals surface area (Å²) >= 11 is 2.49. The van der Waals surface area contributed by atoms with Gasteiger partial charge in [-0.05, 0) is 6.08 Å². The van der Waals surface area contributed by atoms with Crippen LogP contribution in [0.15, 0.2) is 22.3 Å². The van der Waals surface area contributed by atoms with E-state index in [4.69, 9.17) is 10.8 Å². The summed E-state index contributed by atoms with van der Waals surface area (Å²) in [5.41, 5.74) is 5.60. The van der Waals surface area contributed by atoms with E-state index in [-0.39, 0.29) is 22.2 Å². The maximum atomic E-state index is 12.5. The van der Waals surface area contributed by atoms with Crippen molar-refractivity contribution in [2.45, 2.75) is 11.4 Å². The SMILES string of the molecule is CO/N=C(\C(=O)N[C@H]1C(=O)N2C(C(=O)O)=CCSC12)c1csc(N)n1. The van der Waals surface area contributed by atoms with Crippen molar-refractivity contribution in [3.05, 3.63) is 22.8 Å². The Hall–Kier alpha value is -2.60. The molecular formula is C13H13N5O5S2. The number of β-lactam (4-membered cyclic amide) rings is 1. The summed E-state index contributed by atoms with van der Waals surface area (Å²) < 4.78 is 0. The second kappa shape index (κ2) is 6.72. The van der Waals surface area contributed by atoms with E-state index in [0.717, 1.165) is 16.2 Å². The highest BCUT2D eigenvalue weighted by molar-refractivity contribution is 8.00. The largest absolute Gasteiger partial charge is 0.477 e. The van der Waals surface area contributed by atoms with E-state index in [2.05, 4.69) is 20.3 Å². The zero-order valence-electron chi connectivity index (χ0n) is 12.8. The summed E-state index contributed by atoms with van der Waals surface area (Å²) in [6.45, 7) is 0. The second-order valence-corrected chi connectivity index (χ2v) is 7.01. The van der Waals surface area contributed by atoms with E-state index in [1.54, 1.807) is 5.38 Å². The van der Waals surface area contributed by atoms with Crippen molar-refractivity contribution in [3.8, 4) is 0 Å². The van der Waals surface area contributed by atoms with Gasteiger partial charge < -0.3 is 21.0 Å². The number of rotatable bonds is 5. The first-order valence-corrected chi connectivity index (χ1v) is 8.88. The fraction of sp³-hybridized carbons (Fsp3) is 0.308. The Morgan fingerprint density at radius 1 is 1.56 bits per heavy atom. The van der Waals surface area contributed by atoms with Crippen LogP contribution < -0.4 is 11.1 Å². The van der Waals surface area contributed by atoms with Gasteiger partial charge in [-0.2, -0.15) is 0 Å². The number of hydrogen-bond donors (Lipinski definition) is 3. The fourth-order valence-electron chi connectivity index (χ4n) is 2.44. The minimum absolute atomic E-state index is 0.0719. The Labute approximate surface area is 149 Å². The number of aliphatic carboxylic acids is 1. The van der Waals surface area contributed by atoms with Crippen molar-refractivity contribution in [1.29, 1.82) is 0 Å². The zero-order valence-corrected chi connectivity index (χ0v) is 14.5. The van der Waals surface area contributed by atoms with Gasteiger partial charge in [0.15, 0.2) is 10.8 Å². The predicted molar refractivity (Wildman–Crippen MR) is 90.8 cm³/mol. The topological polar surface area (TPSA) is 147 Å². The number of amides is 2. The van der Waals surface area contributed by atoms with Crippen molar-refractivity contribution < 1.29 is 24.3 Å². The standard InChI is InChI=1S/C13H13N5O5S2/c1-23-17-7(5-4-25-13(14)15-5)9(19)16-8-10(20)18-6(12(21)22)2-3-24-11(8)18/h2,4,8,11H,3H2,1H3,(H2,14,15)(H,16,19)(H,21,22)/b17-7-/t8-,11?/m0/s1. The number of carboxylic acids is 1. The molecule has 1 unspecified atom stereocenters. The average molecular weight is 383 g/mol. The van der Waals surface area contributed by atoms with Crippen molar-refractivity contribution >= 4 is 51.7 Å². The number of nitrogens with one attached hydrogen (secondary N) is 1. The van der Waals surface area contributed by atoms with Crippen LogP contribution >= 0.6 is 23.1 Å². The molecule has 0 spiro atoms. The number of aromatic nitrogens is 1. The van der Waals surface area contributed by atoms with E-state index >= 15 is 0 Å². The average Bonchev–Trinajstić information content (AvgIpc) is 3.02. The molecule has 1 saturated heterocycles. The molecule has 0 aliphatic carbocycles. The Morgan fingerprint density at radius 3 is 2.92 bits per heavy atom. The van der Waals surface area contributed by atoms with Crippen LogP contribution in [0.25, 0.3) is 0 Å². The van der Waals surface area contributed by atoms with E-state index in [1.165, 1.54) is 24.9 Å². The van der Waals surface area contributed by atoms with Gasteiger partial charge in [-0.15, -0.1) is 23.1 Å². The minimum atomic E-state index is -1.18. The number of nitrogens with zero attached hydrogens (tertiary/aromatic N) is 3. The molecule has 1 aromatic heterocycles. The van der Waals surface area contributed by atoms with Gasteiger partial charge in [0.2, 0.25) is 0 Å². The van der Waals surface area contributed by atoms with Crippen LogP contribution in [0, 0.1) is 0 Å². The lowest BCUT2D eigenvalue weighted by Gasteiger charge is -2.48. The molecule has 1 fully saturated rings. The summed E-state index contributed by atoms with van der Waals surface area (Å²) in [5.74, 6) is -1.89. The van der Waals surface area contributed by atoms with Crippen LogP contribution in [-0.2, 0) is 19.2 Å². The summed E-state index contributed by atoms with van der Waals surface area (Å²) in [5, 5.41) is 16.7. The van der Waals surface area contributed by atoms with Crippen LogP contribution in [0.1, 0.15) is 5.69 Å². The molecule has 2 amide bonds. The van der Waals surface area contributed by atoms with Crippen LogP contribution in [-0.4, -0.2) is 62.8 Å². The number of anilines is 1. The number of oxime groups is 1. The van der Waals surface area contributed by atoms with Crippen LogP contribution in [0.5, 0.6) is 0 Å². The number of carbonyl (C=O) groups excluding carboxylic acids is 2. The number of carbonyl (C=O) groups is 3. The number of hydrogen-bond acceptors (Lipinski definition) is 9. The van der Waals surface area contributed by atoms with Gasteiger partial charge >= 0.3 is 5.97 Å². The lowest BCUT2D eigenvalue weighted by atomic mass is 10.0. The number of nitrogen functional groups attached to an aromatic ring is 1. The summed E-state index contributed by atoms with van der Waals surface area (Å²) in [6, 6.07) is -0.849. The highest BCUT2D eigenvalue weighted by Crippen LogP contribution is 2.37. The van der Waals surface area contributed by atoms with Gasteiger partial charge in [-0.1, -0.05) is 5.16 Å². The molecule has 132 valence electrons. The molecule has 2 aliphatic rings. The van der Waals surface area contributed by atoms with Gasteiger partial charge in [-0.25, -0.2) is 9.78 Å². The molecule has 3 heterocycles. The molecule has 0 aromatic carbocycles. The third-order valence-corrected chi connectivity index (χ3v) is 5.37. The van der Waals surface area contributed by atoms with Crippen molar-refractivity contribution in [2.75, 3.05) is 18.6 Å². The minimum Gasteiger partial charge on any atom is -0.477 e. The molecule has 1 aromatic rings. The normalized spacial score (nSPS) is 22.6. The van der Waals surface area contributed by atoms with Gasteiger partial charge in [0.1, 0.15) is 29.9 Å². The lowest BCUT2D eigenvalue weighted by Crippen LogP contribution is -2.70. The number of thioether (sulfide) groups is 1. The Morgan fingerprint density at radius 2 is 2.32 bits per heavy atom. The summed E-state index contributed by atoms with van der Waals surface area (Å²) in [7, 11) is 1.28. The lowest BCUT2D eigenvalue weighted by molar-refractivity contribution is -0.150. The summed E-state index contributed by atoms with van der Waals surface area (Å²) in [4.78, 5) is 45.7. The third-order valence-electron chi connectivity index (χ3n) is 3.51. The molecule has 2 atom stereocenters. The molecule has 25 heavy (non-hydrogen) atoms. The fourth-order valence-corrected chi connectivity index (χ4v) is 4.18. The van der Waals surface area contributed by atoms with Crippen LogP contribution in [0.2, 0.25) is 0 Å². The zero-order chi connectivity index (χ0) is 18.1. The van der Waals surface area contributed by atoms with Gasteiger partial charge in [0.25, 0.3) is 11.8 Å². The maximum Gasteiger partial charge on any atom is 0.352 e. The maximum absolute atomic E-state index is 12.5. The van der Waals surface area contributed by atoms with Gasteiger partial charge in [0, 0.05) is 11.1 Å². The Kier molecular flexibility index (Phi) is 4.63. The number of thiazole rings is 1. The van der Waals surface area contributed by atoms with E-state index in [1.807, 2.05) is 0 Å². The molecule has 4 N–H and O–H groups in total. The van der Waals surface area contributed by atoms with Crippen LogP contribution in [0.3, 0.4) is 0 Å². The van der Waals surface area contributed by atoms with Crippen molar-refractivity contribution in [3.63, 3.8) is 0 Å². The number of carboxylic acid groups (broad SMARTS) is 1. The molecule has 0 radical (unpaired) electrons. The molecule has 0 bridgehead atoms. The summed E-state index contributed by atoms with van der Waals surface area (Å²) in [6.07, 6.45) is 1.47. The second-order valence-electron chi connectivity index (χ2n) is 4.97. The highest BCUT2D eigenvalue weighted by atomic mass is 32.2. The molecule has 3 rings (SSSR count). The third kappa shape index (κ3) is 3.05. The molecule has 12 heteroatoms. The van der Waals surface area contributed by atoms with E-state index < -0.39 is 29.2 Å². The number of nitrogens with two attached hydrogens (primary N) is 1. The van der Waals surface area contributed by atoms with E-state index in [9.17, 15) is 14.4 Å². The molecule has 10 nitrogen and oxygen atoms in total. The molecule has 2 aliphatic heterocycles. The highest BCUT2D eigenvalue weighted by Gasteiger charge is 2.53. The predicted octanol–water partition coefficient (Wildman–Crippen LogP) is -0.556. The van der Waals surface area contributed by atoms with Crippen molar-refractivity contribution in [1.82, 2.24) is 15.2 Å². The quantitative estimate of drug-likeness (QED) is 0.348. The Balaban J connectivity index is 1.75. The first-order valence-electron chi connectivity index (χ1n) is 6.95. The molecule has 0 saturated carbocycles. The number of fused-ring (bicyclic) bond motifs is 1. The van der Waals surface area contributed by atoms with Gasteiger partial charge in [0.05, 0.1) is 0 Å². The smallest absolute Gasteiger partial charge is 0.352 e. The van der Waals surface area contributed by atoms with Gasteiger partial charge in [-0.3, -0.25) is 14.5 Å². The monoisotopic (exact) mass is 383 g/mol. The Bertz CT molecular complexity index is 804. The molecular weight excluding hydrogens is 370 g/mol. The first-order chi connectivity index (χ1) is 11.9. The van der Waals surface area contributed by atoms with Crippen molar-refractivity contribution in [2.24, 2.45) is 5.16 Å². The van der Waals surface area contributed by atoms with Crippen LogP contribution in [0.4, 0.5) is 5.13 Å². The van der Waals surface area contributed by atoms with E-state index in [0.29, 0.717) is 5.75 Å². The first kappa shape index (κ1) is 17.2.